The molecule has 66 heavy (non-hydrogen) atoms. The summed E-state index contributed by atoms with van der Waals surface area (Å²) >= 11 is 0. The molecule has 0 aliphatic heterocycles. The largest absolute Gasteiger partial charge is 0.478 e. The number of carboxylic acids is 2. The summed E-state index contributed by atoms with van der Waals surface area (Å²) in [6, 6.07) is 3.15. The van der Waals surface area contributed by atoms with E-state index in [1.165, 1.54) is 257 Å². The van der Waals surface area contributed by atoms with Crippen molar-refractivity contribution in [3.05, 3.63) is 34.4 Å². The summed E-state index contributed by atoms with van der Waals surface area (Å²) in [6.07, 6.45) is 53.9. The van der Waals surface area contributed by atoms with Crippen LogP contribution in [0.5, 0.6) is 0 Å². The first kappa shape index (κ1) is 62.1. The third-order valence-electron chi connectivity index (χ3n) is 14.6. The maximum atomic E-state index is 12.8. The van der Waals surface area contributed by atoms with E-state index in [0.717, 1.165) is 50.4 Å². The van der Waals surface area contributed by atoms with Crippen molar-refractivity contribution in [3.8, 4) is 0 Å². The van der Waals surface area contributed by atoms with Crippen molar-refractivity contribution < 1.29 is 19.8 Å². The zero-order chi connectivity index (χ0) is 48.0. The highest BCUT2D eigenvalue weighted by molar-refractivity contribution is 5.95. The molecule has 0 spiro atoms. The Kier molecular flexibility index (Phi) is 44.0. The Labute approximate surface area is 411 Å². The molecule has 0 radical (unpaired) electrons. The number of nitrogens with zero attached hydrogens (tertiary/aromatic N) is 2. The first-order chi connectivity index (χ1) is 32.4. The number of benzene rings is 1. The summed E-state index contributed by atoms with van der Waals surface area (Å²) in [4.78, 5) is 30.8. The van der Waals surface area contributed by atoms with Gasteiger partial charge in [0.05, 0.1) is 11.1 Å². The fraction of sp³-hybridized carbons (Fsp3) is 0.867. The van der Waals surface area contributed by atoms with Crippen molar-refractivity contribution in [2.75, 3.05) is 39.3 Å². The summed E-state index contributed by atoms with van der Waals surface area (Å²) in [5, 5.41) is 21.0. The van der Waals surface area contributed by atoms with Crippen LogP contribution in [0.4, 0.5) is 0 Å². The number of unbranched alkanes of at least 4 members (excludes halogenated alkanes) is 36. The third kappa shape index (κ3) is 35.2. The summed E-state index contributed by atoms with van der Waals surface area (Å²) in [5.41, 5.74) is 2.11. The smallest absolute Gasteiger partial charge is 0.335 e. The summed E-state index contributed by atoms with van der Waals surface area (Å²) in [7, 11) is 0. The Hall–Kier alpha value is -1.92. The average molecular weight is 926 g/mol. The van der Waals surface area contributed by atoms with Crippen molar-refractivity contribution in [2.24, 2.45) is 0 Å². The minimum absolute atomic E-state index is 0.295. The lowest BCUT2D eigenvalue weighted by molar-refractivity contribution is 0.0678. The van der Waals surface area contributed by atoms with Crippen LogP contribution in [0.1, 0.15) is 316 Å². The van der Waals surface area contributed by atoms with Crippen LogP contribution in [0.15, 0.2) is 12.1 Å². The molecule has 0 saturated carbocycles. The molecule has 6 heteroatoms. The van der Waals surface area contributed by atoms with Crippen molar-refractivity contribution in [2.45, 2.75) is 297 Å². The van der Waals surface area contributed by atoms with Crippen LogP contribution in [0.2, 0.25) is 0 Å². The van der Waals surface area contributed by atoms with Crippen LogP contribution in [0.3, 0.4) is 0 Å². The van der Waals surface area contributed by atoms with E-state index in [0.29, 0.717) is 24.0 Å². The maximum absolute atomic E-state index is 12.8. The molecule has 0 aliphatic rings. The molecule has 1 aromatic carbocycles. The molecule has 1 rings (SSSR count). The number of carboxylic acid groups (broad SMARTS) is 2. The second kappa shape index (κ2) is 46.8. The Morgan fingerprint density at radius 2 is 0.485 bits per heavy atom. The van der Waals surface area contributed by atoms with Crippen LogP contribution in [-0.2, 0) is 12.8 Å². The first-order valence-electron chi connectivity index (χ1n) is 29.4. The van der Waals surface area contributed by atoms with E-state index < -0.39 is 11.9 Å². The average Bonchev–Trinajstić information content (AvgIpc) is 3.31. The van der Waals surface area contributed by atoms with E-state index in [2.05, 4.69) is 37.5 Å². The monoisotopic (exact) mass is 925 g/mol. The molecule has 0 aromatic heterocycles. The standard InChI is InChI=1S/C60H112N2O4/c1-5-9-13-17-21-25-29-33-37-41-49-61(50-42-38-34-30-26-22-18-14-10-6-2)53-47-55-56(58(60(65)66)46-45-57(55)59(63)64)48-54-62(51-43-39-35-31-27-23-19-15-11-7-3)52-44-40-36-32-28-24-20-16-12-8-4/h45-46H,5-44,47-54H2,1-4H3,(H,63,64)(H,65,66). The predicted octanol–water partition coefficient (Wildman–Crippen LogP) is 18.5. The number of hydrogen-bond acceptors (Lipinski definition) is 4. The van der Waals surface area contributed by atoms with Gasteiger partial charge >= 0.3 is 11.9 Å². The molecular weight excluding hydrogens is 813 g/mol. The van der Waals surface area contributed by atoms with Gasteiger partial charge in [0.15, 0.2) is 0 Å². The van der Waals surface area contributed by atoms with Gasteiger partial charge in [-0.15, -0.1) is 0 Å². The number of carbonyl (C=O) groups is 2. The topological polar surface area (TPSA) is 81.1 Å². The van der Waals surface area contributed by atoms with Gasteiger partial charge in [-0.2, -0.15) is 0 Å². The molecule has 0 atom stereocenters. The lowest BCUT2D eigenvalue weighted by Crippen LogP contribution is -2.31. The van der Waals surface area contributed by atoms with Gasteiger partial charge in [-0.05, 0) is 88.0 Å². The predicted molar refractivity (Wildman–Crippen MR) is 288 cm³/mol. The maximum Gasteiger partial charge on any atom is 0.335 e. The van der Waals surface area contributed by atoms with Gasteiger partial charge < -0.3 is 20.0 Å². The Morgan fingerprint density at radius 3 is 0.667 bits per heavy atom. The summed E-state index contributed by atoms with van der Waals surface area (Å²) < 4.78 is 0. The minimum Gasteiger partial charge on any atom is -0.478 e. The highest BCUT2D eigenvalue weighted by atomic mass is 16.4. The van der Waals surface area contributed by atoms with Crippen LogP contribution < -0.4 is 0 Å². The van der Waals surface area contributed by atoms with Gasteiger partial charge in [-0.25, -0.2) is 9.59 Å². The van der Waals surface area contributed by atoms with Gasteiger partial charge in [0.25, 0.3) is 0 Å². The van der Waals surface area contributed by atoms with Gasteiger partial charge in [0.2, 0.25) is 0 Å². The normalized spacial score (nSPS) is 11.7. The highest BCUT2D eigenvalue weighted by Crippen LogP contribution is 2.24. The van der Waals surface area contributed by atoms with Gasteiger partial charge in [0, 0.05) is 13.1 Å². The summed E-state index contributed by atoms with van der Waals surface area (Å²) in [6.45, 7) is 14.8. The van der Waals surface area contributed by atoms with Crippen LogP contribution >= 0.6 is 0 Å². The van der Waals surface area contributed by atoms with E-state index >= 15 is 0 Å². The molecule has 0 aliphatic carbocycles. The Balaban J connectivity index is 3.04. The van der Waals surface area contributed by atoms with E-state index in [4.69, 9.17) is 0 Å². The molecule has 6 nitrogen and oxygen atoms in total. The van der Waals surface area contributed by atoms with Gasteiger partial charge in [-0.1, -0.05) is 259 Å². The fourth-order valence-electron chi connectivity index (χ4n) is 10.2. The first-order valence-corrected chi connectivity index (χ1v) is 29.4. The zero-order valence-electron chi connectivity index (χ0n) is 44.7. The minimum atomic E-state index is -0.938. The number of rotatable bonds is 52. The fourth-order valence-corrected chi connectivity index (χ4v) is 10.2. The van der Waals surface area contributed by atoms with Crippen molar-refractivity contribution >= 4 is 11.9 Å². The van der Waals surface area contributed by atoms with Crippen molar-refractivity contribution in [1.29, 1.82) is 0 Å². The van der Waals surface area contributed by atoms with Crippen molar-refractivity contribution in [1.82, 2.24) is 9.80 Å². The van der Waals surface area contributed by atoms with Crippen LogP contribution in [0, 0.1) is 0 Å². The Morgan fingerprint density at radius 1 is 0.303 bits per heavy atom. The second-order valence-electron chi connectivity index (χ2n) is 20.6. The SMILES string of the molecule is CCCCCCCCCCCCN(CCCCCCCCCCCC)CCc1c(C(=O)O)ccc(C(=O)O)c1CCN(CCCCCCCCCCCC)CCCCCCCCCCCC. The lowest BCUT2D eigenvalue weighted by Gasteiger charge is -2.26. The molecule has 0 saturated heterocycles. The highest BCUT2D eigenvalue weighted by Gasteiger charge is 2.22. The zero-order valence-corrected chi connectivity index (χ0v) is 44.7. The number of hydrogen-bond donors (Lipinski definition) is 2. The summed E-state index contributed by atoms with van der Waals surface area (Å²) in [5.74, 6) is -1.88. The van der Waals surface area contributed by atoms with Gasteiger partial charge in [0.1, 0.15) is 0 Å². The molecule has 0 fully saturated rings. The van der Waals surface area contributed by atoms with E-state index in [1.54, 1.807) is 12.1 Å². The molecule has 0 heterocycles. The van der Waals surface area contributed by atoms with Crippen LogP contribution in [0.25, 0.3) is 0 Å². The molecule has 386 valence electrons. The van der Waals surface area contributed by atoms with E-state index in [-0.39, 0.29) is 0 Å². The molecule has 2 N–H and O–H groups in total. The third-order valence-corrected chi connectivity index (χ3v) is 14.6. The molecular formula is C60H112N2O4. The van der Waals surface area contributed by atoms with Gasteiger partial charge in [-0.3, -0.25) is 0 Å². The van der Waals surface area contributed by atoms with E-state index in [1.807, 2.05) is 0 Å². The molecule has 1 aromatic rings. The second-order valence-corrected chi connectivity index (χ2v) is 20.6. The van der Waals surface area contributed by atoms with Crippen molar-refractivity contribution in [3.63, 3.8) is 0 Å². The lowest BCUT2D eigenvalue weighted by atomic mass is 9.91. The molecule has 0 unspecified atom stereocenters. The Bertz CT molecular complexity index is 1090. The van der Waals surface area contributed by atoms with Crippen LogP contribution in [-0.4, -0.2) is 71.2 Å². The molecule has 0 amide bonds. The quantitative estimate of drug-likeness (QED) is 0.0634. The molecule has 0 bridgehead atoms. The van der Waals surface area contributed by atoms with E-state index in [9.17, 15) is 19.8 Å². The number of aromatic carboxylic acids is 2.